The molecule has 0 aromatic heterocycles. The fourth-order valence-electron chi connectivity index (χ4n) is 2.40. The van der Waals surface area contributed by atoms with Crippen LogP contribution in [0.1, 0.15) is 12.0 Å². The summed E-state index contributed by atoms with van der Waals surface area (Å²) >= 11 is 5.10. The molecular weight excluding hydrogens is 358 g/mol. The molecule has 0 spiro atoms. The van der Waals surface area contributed by atoms with Crippen LogP contribution in [0.3, 0.4) is 0 Å². The molecule has 1 aliphatic heterocycles. The molecule has 5 nitrogen and oxygen atoms in total. The Morgan fingerprint density at radius 3 is 3.00 bits per heavy atom. The van der Waals surface area contributed by atoms with E-state index >= 15 is 0 Å². The minimum absolute atomic E-state index is 0.0415. The lowest BCUT2D eigenvalue weighted by Gasteiger charge is -2.34. The van der Waals surface area contributed by atoms with Gasteiger partial charge in [0, 0.05) is 30.6 Å². The molecule has 1 aliphatic rings. The molecule has 1 aromatic carbocycles. The van der Waals surface area contributed by atoms with Crippen LogP contribution in [0.25, 0.3) is 0 Å². The van der Waals surface area contributed by atoms with E-state index in [0.717, 1.165) is 23.6 Å². The van der Waals surface area contributed by atoms with Crippen molar-refractivity contribution in [2.75, 3.05) is 25.2 Å². The standard InChI is InChI=1S/C14H18BrNO4S/c1-20-12-5-9(4-11(15)14(12)19)7-16-2-3-21-8-10(16)6-13(17)18/h4-5,10,19H,2-3,6-8H2,1H3,(H,17,18). The van der Waals surface area contributed by atoms with Gasteiger partial charge in [-0.3, -0.25) is 9.69 Å². The number of ether oxygens (including phenoxy) is 1. The lowest BCUT2D eigenvalue weighted by Crippen LogP contribution is -2.42. The summed E-state index contributed by atoms with van der Waals surface area (Å²) in [6.45, 7) is 1.51. The van der Waals surface area contributed by atoms with Crippen molar-refractivity contribution < 1.29 is 19.7 Å². The molecule has 1 unspecified atom stereocenters. The second-order valence-corrected chi connectivity index (χ2v) is 6.93. The summed E-state index contributed by atoms with van der Waals surface area (Å²) in [5.74, 6) is 1.57. The molecule has 2 N–H and O–H groups in total. The van der Waals surface area contributed by atoms with Gasteiger partial charge >= 0.3 is 5.97 Å². The Morgan fingerprint density at radius 1 is 1.57 bits per heavy atom. The van der Waals surface area contributed by atoms with E-state index in [4.69, 9.17) is 9.84 Å². The number of hydrogen-bond donors (Lipinski definition) is 2. The summed E-state index contributed by atoms with van der Waals surface area (Å²) in [5.41, 5.74) is 0.985. The fourth-order valence-corrected chi connectivity index (χ4v) is 4.02. The average Bonchev–Trinajstić information content (AvgIpc) is 2.44. The molecule has 0 radical (unpaired) electrons. The maximum Gasteiger partial charge on any atom is 0.304 e. The van der Waals surface area contributed by atoms with Crippen LogP contribution in [0.15, 0.2) is 16.6 Å². The van der Waals surface area contributed by atoms with Crippen molar-refractivity contribution >= 4 is 33.7 Å². The van der Waals surface area contributed by atoms with Crippen LogP contribution in [-0.2, 0) is 11.3 Å². The highest BCUT2D eigenvalue weighted by atomic mass is 79.9. The lowest BCUT2D eigenvalue weighted by atomic mass is 10.1. The van der Waals surface area contributed by atoms with Gasteiger partial charge in [0.15, 0.2) is 11.5 Å². The van der Waals surface area contributed by atoms with Crippen LogP contribution >= 0.6 is 27.7 Å². The first-order valence-corrected chi connectivity index (χ1v) is 8.55. The molecule has 1 aromatic rings. The zero-order chi connectivity index (χ0) is 15.4. The monoisotopic (exact) mass is 375 g/mol. The van der Waals surface area contributed by atoms with E-state index in [1.54, 1.807) is 17.8 Å². The van der Waals surface area contributed by atoms with Crippen molar-refractivity contribution in [3.05, 3.63) is 22.2 Å². The average molecular weight is 376 g/mol. The highest BCUT2D eigenvalue weighted by molar-refractivity contribution is 9.10. The molecule has 1 atom stereocenters. The van der Waals surface area contributed by atoms with E-state index in [-0.39, 0.29) is 18.2 Å². The first-order chi connectivity index (χ1) is 10.0. The topological polar surface area (TPSA) is 70.0 Å². The Bertz CT molecular complexity index is 526. The van der Waals surface area contributed by atoms with Crippen molar-refractivity contribution in [3.8, 4) is 11.5 Å². The molecule has 0 amide bonds. The highest BCUT2D eigenvalue weighted by Gasteiger charge is 2.25. The van der Waals surface area contributed by atoms with Gasteiger partial charge in [-0.25, -0.2) is 0 Å². The second kappa shape index (κ2) is 7.38. The van der Waals surface area contributed by atoms with E-state index in [1.807, 2.05) is 6.07 Å². The molecule has 21 heavy (non-hydrogen) atoms. The number of rotatable bonds is 5. The minimum Gasteiger partial charge on any atom is -0.503 e. The fraction of sp³-hybridized carbons (Fsp3) is 0.500. The van der Waals surface area contributed by atoms with E-state index in [1.165, 1.54) is 7.11 Å². The number of aromatic hydroxyl groups is 1. The normalized spacial score (nSPS) is 19.4. The third-order valence-electron chi connectivity index (χ3n) is 3.45. The van der Waals surface area contributed by atoms with Crippen molar-refractivity contribution in [3.63, 3.8) is 0 Å². The zero-order valence-electron chi connectivity index (χ0n) is 11.7. The number of nitrogens with zero attached hydrogens (tertiary/aromatic N) is 1. The lowest BCUT2D eigenvalue weighted by molar-refractivity contribution is -0.138. The predicted octanol–water partition coefficient (Wildman–Crippen LogP) is 2.56. The number of halogens is 1. The SMILES string of the molecule is COc1cc(CN2CCSCC2CC(=O)O)cc(Br)c1O. The maximum absolute atomic E-state index is 11.0. The summed E-state index contributed by atoms with van der Waals surface area (Å²) < 4.78 is 5.73. The number of methoxy groups -OCH3 is 1. The first-order valence-electron chi connectivity index (χ1n) is 6.60. The molecule has 0 saturated carbocycles. The number of carbonyl (C=O) groups is 1. The molecule has 2 rings (SSSR count). The Labute approximate surface area is 136 Å². The second-order valence-electron chi connectivity index (χ2n) is 4.93. The molecule has 116 valence electrons. The van der Waals surface area contributed by atoms with E-state index in [0.29, 0.717) is 16.8 Å². The quantitative estimate of drug-likeness (QED) is 0.823. The molecule has 1 fully saturated rings. The summed E-state index contributed by atoms with van der Waals surface area (Å²) in [7, 11) is 1.51. The number of phenolic OH excluding ortho intramolecular Hbond substituents is 1. The molecule has 7 heteroatoms. The van der Waals surface area contributed by atoms with Crippen LogP contribution in [0.5, 0.6) is 11.5 Å². The number of hydrogen-bond acceptors (Lipinski definition) is 5. The number of thioether (sulfide) groups is 1. The minimum atomic E-state index is -0.767. The van der Waals surface area contributed by atoms with Crippen LogP contribution in [0, 0.1) is 0 Å². The van der Waals surface area contributed by atoms with E-state index < -0.39 is 5.97 Å². The van der Waals surface area contributed by atoms with Crippen molar-refractivity contribution in [1.29, 1.82) is 0 Å². The third kappa shape index (κ3) is 4.28. The van der Waals surface area contributed by atoms with Gasteiger partial charge in [-0.15, -0.1) is 0 Å². The van der Waals surface area contributed by atoms with Crippen molar-refractivity contribution in [2.24, 2.45) is 0 Å². The highest BCUT2D eigenvalue weighted by Crippen LogP contribution is 2.36. The first kappa shape index (κ1) is 16.5. The third-order valence-corrected chi connectivity index (χ3v) is 5.15. The predicted molar refractivity (Wildman–Crippen MR) is 86.1 cm³/mol. The Kier molecular flexibility index (Phi) is 5.78. The molecule has 0 aliphatic carbocycles. The molecule has 1 heterocycles. The Morgan fingerprint density at radius 2 is 2.33 bits per heavy atom. The summed E-state index contributed by atoms with van der Waals surface area (Å²) in [5, 5.41) is 18.8. The van der Waals surface area contributed by atoms with Gasteiger partial charge < -0.3 is 14.9 Å². The van der Waals surface area contributed by atoms with Gasteiger partial charge in [-0.2, -0.15) is 11.8 Å². The zero-order valence-corrected chi connectivity index (χ0v) is 14.1. The van der Waals surface area contributed by atoms with Crippen molar-refractivity contribution in [2.45, 2.75) is 19.0 Å². The molecular formula is C14H18BrNO4S. The van der Waals surface area contributed by atoms with Crippen LogP contribution in [0.4, 0.5) is 0 Å². The van der Waals surface area contributed by atoms with Crippen LogP contribution in [0.2, 0.25) is 0 Å². The molecule has 1 saturated heterocycles. The van der Waals surface area contributed by atoms with Gasteiger partial charge in [-0.05, 0) is 33.6 Å². The Balaban J connectivity index is 2.15. The number of carboxylic acids is 1. The van der Waals surface area contributed by atoms with Gasteiger partial charge in [0.1, 0.15) is 0 Å². The molecule has 0 bridgehead atoms. The van der Waals surface area contributed by atoms with Gasteiger partial charge in [0.05, 0.1) is 18.0 Å². The van der Waals surface area contributed by atoms with Crippen molar-refractivity contribution in [1.82, 2.24) is 4.90 Å². The van der Waals surface area contributed by atoms with Gasteiger partial charge in [0.25, 0.3) is 0 Å². The smallest absolute Gasteiger partial charge is 0.304 e. The van der Waals surface area contributed by atoms with Crippen LogP contribution in [-0.4, -0.2) is 52.3 Å². The van der Waals surface area contributed by atoms with Gasteiger partial charge in [-0.1, -0.05) is 0 Å². The van der Waals surface area contributed by atoms with Gasteiger partial charge in [0.2, 0.25) is 0 Å². The maximum atomic E-state index is 11.0. The number of carboxylic acid groups (broad SMARTS) is 1. The van der Waals surface area contributed by atoms with Crippen LogP contribution < -0.4 is 4.74 Å². The Hall–Kier alpha value is -0.920. The summed E-state index contributed by atoms with van der Waals surface area (Å²) in [6, 6.07) is 3.68. The summed E-state index contributed by atoms with van der Waals surface area (Å²) in [4.78, 5) is 13.2. The van der Waals surface area contributed by atoms with E-state index in [9.17, 15) is 9.90 Å². The number of benzene rings is 1. The number of aliphatic carboxylic acids is 1. The summed E-state index contributed by atoms with van der Waals surface area (Å²) in [6.07, 6.45) is 0.156. The largest absolute Gasteiger partial charge is 0.503 e. The van der Waals surface area contributed by atoms with E-state index in [2.05, 4.69) is 20.8 Å². The number of phenols is 1.